The number of aliphatic imine (C=N–C) groups is 1. The van der Waals surface area contributed by atoms with Gasteiger partial charge in [0.05, 0.1) is 46.3 Å². The molecule has 2 N–H and O–H groups in total. The monoisotopic (exact) mass is 565 g/mol. The first-order valence-electron chi connectivity index (χ1n) is 10.5. The summed E-state index contributed by atoms with van der Waals surface area (Å²) in [4.78, 5) is 14.8. The van der Waals surface area contributed by atoms with E-state index in [1.807, 2.05) is 55.4 Å². The second-order valence-corrected chi connectivity index (χ2v) is 7.15. The molecule has 178 valence electrons. The number of aromatic nitrogens is 2. The van der Waals surface area contributed by atoms with Gasteiger partial charge in [-0.2, -0.15) is 0 Å². The molecule has 0 saturated heterocycles. The van der Waals surface area contributed by atoms with Crippen molar-refractivity contribution in [2.24, 2.45) is 4.99 Å². The van der Waals surface area contributed by atoms with Gasteiger partial charge in [-0.15, -0.1) is 24.0 Å². The molecule has 0 amide bonds. The molecule has 1 heterocycles. The summed E-state index contributed by atoms with van der Waals surface area (Å²) in [6.45, 7) is 3.80. The first-order valence-corrected chi connectivity index (χ1v) is 10.5. The van der Waals surface area contributed by atoms with Crippen molar-refractivity contribution in [3.8, 4) is 28.5 Å². The van der Waals surface area contributed by atoms with E-state index >= 15 is 0 Å². The topological polar surface area (TPSA) is 84.0 Å². The molecule has 2 aromatic carbocycles. The smallest absolute Gasteiger partial charge is 0.194 e. The molecule has 33 heavy (non-hydrogen) atoms. The number of guanidine groups is 1. The maximum Gasteiger partial charge on any atom is 0.194 e. The van der Waals surface area contributed by atoms with Gasteiger partial charge in [0.2, 0.25) is 0 Å². The van der Waals surface area contributed by atoms with Crippen molar-refractivity contribution in [1.82, 2.24) is 20.2 Å². The summed E-state index contributed by atoms with van der Waals surface area (Å²) in [6, 6.07) is 13.9. The van der Waals surface area contributed by atoms with Crippen LogP contribution in [-0.4, -0.2) is 55.7 Å². The molecular formula is C24H32IN5O3. The van der Waals surface area contributed by atoms with Crippen LogP contribution in [-0.2, 0) is 13.1 Å². The van der Waals surface area contributed by atoms with E-state index in [0.29, 0.717) is 30.3 Å². The number of ether oxygens (including phenoxy) is 3. The Labute approximate surface area is 212 Å². The molecule has 0 saturated carbocycles. The fraction of sp³-hybridized carbons (Fsp3) is 0.333. The van der Waals surface area contributed by atoms with Gasteiger partial charge in [-0.25, -0.2) is 9.98 Å². The zero-order valence-corrected chi connectivity index (χ0v) is 22.0. The number of benzene rings is 2. The maximum atomic E-state index is 5.53. The van der Waals surface area contributed by atoms with Crippen LogP contribution in [0.3, 0.4) is 0 Å². The Kier molecular flexibility index (Phi) is 10.3. The van der Waals surface area contributed by atoms with Crippen LogP contribution in [0.5, 0.6) is 17.2 Å². The molecule has 1 aromatic heterocycles. The minimum Gasteiger partial charge on any atom is -0.496 e. The Balaban J connectivity index is 0.00000385. The zero-order valence-electron chi connectivity index (χ0n) is 19.7. The minimum atomic E-state index is 0. The highest BCUT2D eigenvalue weighted by molar-refractivity contribution is 14.0. The largest absolute Gasteiger partial charge is 0.496 e. The fourth-order valence-corrected chi connectivity index (χ4v) is 3.35. The molecule has 3 rings (SSSR count). The molecule has 0 fully saturated rings. The number of hydrogen-bond donors (Lipinski definition) is 2. The second-order valence-electron chi connectivity index (χ2n) is 7.15. The molecule has 0 bridgehead atoms. The molecule has 9 heteroatoms. The van der Waals surface area contributed by atoms with Crippen LogP contribution in [0.15, 0.2) is 53.7 Å². The van der Waals surface area contributed by atoms with Gasteiger partial charge in [0.15, 0.2) is 17.5 Å². The van der Waals surface area contributed by atoms with E-state index in [0.717, 1.165) is 35.1 Å². The zero-order chi connectivity index (χ0) is 22.9. The Hall–Kier alpha value is -2.95. The molecule has 0 atom stereocenters. The van der Waals surface area contributed by atoms with Gasteiger partial charge >= 0.3 is 0 Å². The quantitative estimate of drug-likeness (QED) is 0.229. The average molecular weight is 565 g/mol. The lowest BCUT2D eigenvalue weighted by atomic mass is 10.1. The molecule has 0 aliphatic carbocycles. The summed E-state index contributed by atoms with van der Waals surface area (Å²) >= 11 is 0. The van der Waals surface area contributed by atoms with Crippen LogP contribution in [0.4, 0.5) is 0 Å². The van der Waals surface area contributed by atoms with Crippen LogP contribution >= 0.6 is 24.0 Å². The number of imidazole rings is 1. The number of nitrogens with one attached hydrogen (secondary N) is 2. The summed E-state index contributed by atoms with van der Waals surface area (Å²) < 4.78 is 16.3. The third kappa shape index (κ3) is 6.77. The van der Waals surface area contributed by atoms with Crippen molar-refractivity contribution in [3.63, 3.8) is 0 Å². The van der Waals surface area contributed by atoms with Gasteiger partial charge in [0, 0.05) is 25.2 Å². The highest BCUT2D eigenvalue weighted by Gasteiger charge is 2.14. The maximum absolute atomic E-state index is 5.53. The first-order chi connectivity index (χ1) is 15.6. The van der Waals surface area contributed by atoms with E-state index in [9.17, 15) is 0 Å². The standard InChI is InChI=1S/C24H31N5O3.HI/c1-6-25-24(27-14-18-12-21(31-4)22(32-5)13-20(18)30-3)29(2)16-23-26-15-19(28-23)17-10-8-7-9-11-17;/h7-13,15H,6,14,16H2,1-5H3,(H,25,27)(H,26,28);1H. The lowest BCUT2D eigenvalue weighted by Crippen LogP contribution is -2.38. The molecule has 0 aliphatic heterocycles. The molecule has 0 unspecified atom stereocenters. The highest BCUT2D eigenvalue weighted by atomic mass is 127. The van der Waals surface area contributed by atoms with E-state index in [1.54, 1.807) is 21.3 Å². The van der Waals surface area contributed by atoms with Gasteiger partial charge < -0.3 is 29.4 Å². The number of hydrogen-bond acceptors (Lipinski definition) is 5. The van der Waals surface area contributed by atoms with Crippen LogP contribution in [0.25, 0.3) is 11.3 Å². The third-order valence-electron chi connectivity index (χ3n) is 4.98. The van der Waals surface area contributed by atoms with Crippen molar-refractivity contribution in [3.05, 3.63) is 60.0 Å². The minimum absolute atomic E-state index is 0. The summed E-state index contributed by atoms with van der Waals surface area (Å²) in [5.41, 5.74) is 3.00. The van der Waals surface area contributed by atoms with Crippen molar-refractivity contribution in [1.29, 1.82) is 0 Å². The predicted molar refractivity (Wildman–Crippen MR) is 142 cm³/mol. The van der Waals surface area contributed by atoms with Gasteiger partial charge in [-0.3, -0.25) is 0 Å². The van der Waals surface area contributed by atoms with Gasteiger partial charge in [-0.05, 0) is 18.6 Å². The summed E-state index contributed by atoms with van der Waals surface area (Å²) in [7, 11) is 6.83. The number of rotatable bonds is 9. The lowest BCUT2D eigenvalue weighted by molar-refractivity contribution is 0.347. The van der Waals surface area contributed by atoms with Gasteiger partial charge in [0.25, 0.3) is 0 Å². The van der Waals surface area contributed by atoms with E-state index in [1.165, 1.54) is 0 Å². The van der Waals surface area contributed by atoms with Crippen LogP contribution in [0.1, 0.15) is 18.3 Å². The Bertz CT molecular complexity index is 1040. The summed E-state index contributed by atoms with van der Waals surface area (Å²) in [6.07, 6.45) is 1.86. The molecule has 0 aliphatic rings. The van der Waals surface area contributed by atoms with Crippen molar-refractivity contribution in [2.75, 3.05) is 34.9 Å². The molecular weight excluding hydrogens is 533 g/mol. The highest BCUT2D eigenvalue weighted by Crippen LogP contribution is 2.35. The molecule has 0 spiro atoms. The normalized spacial score (nSPS) is 10.9. The van der Waals surface area contributed by atoms with Crippen LogP contribution < -0.4 is 19.5 Å². The molecule has 8 nitrogen and oxygen atoms in total. The number of H-pyrrole nitrogens is 1. The predicted octanol–water partition coefficient (Wildman–Crippen LogP) is 4.32. The molecule has 3 aromatic rings. The van der Waals surface area contributed by atoms with Crippen molar-refractivity contribution < 1.29 is 14.2 Å². The van der Waals surface area contributed by atoms with Crippen molar-refractivity contribution in [2.45, 2.75) is 20.0 Å². The van der Waals surface area contributed by atoms with E-state index in [-0.39, 0.29) is 24.0 Å². The van der Waals surface area contributed by atoms with E-state index in [4.69, 9.17) is 19.2 Å². The number of aromatic amines is 1. The Morgan fingerprint density at radius 1 is 1.03 bits per heavy atom. The molecule has 0 radical (unpaired) electrons. The lowest BCUT2D eigenvalue weighted by Gasteiger charge is -2.21. The number of halogens is 1. The second kappa shape index (κ2) is 12.9. The fourth-order valence-electron chi connectivity index (χ4n) is 3.35. The first kappa shape index (κ1) is 26.3. The van der Waals surface area contributed by atoms with Crippen LogP contribution in [0.2, 0.25) is 0 Å². The van der Waals surface area contributed by atoms with E-state index < -0.39 is 0 Å². The average Bonchev–Trinajstić information content (AvgIpc) is 3.30. The summed E-state index contributed by atoms with van der Waals surface area (Å²) in [5.74, 6) is 3.58. The van der Waals surface area contributed by atoms with Gasteiger partial charge in [-0.1, -0.05) is 30.3 Å². The SMILES string of the molecule is CCNC(=NCc1cc(OC)c(OC)cc1OC)N(C)Cc1ncc(-c2ccccc2)[nH]1.I. The Morgan fingerprint density at radius 3 is 2.33 bits per heavy atom. The Morgan fingerprint density at radius 2 is 1.70 bits per heavy atom. The van der Waals surface area contributed by atoms with Crippen LogP contribution in [0, 0.1) is 0 Å². The third-order valence-corrected chi connectivity index (χ3v) is 4.98. The summed E-state index contributed by atoms with van der Waals surface area (Å²) in [5, 5.41) is 3.34. The van der Waals surface area contributed by atoms with Gasteiger partial charge in [0.1, 0.15) is 11.6 Å². The number of nitrogens with zero attached hydrogens (tertiary/aromatic N) is 3. The van der Waals surface area contributed by atoms with Crippen molar-refractivity contribution >= 4 is 29.9 Å². The number of methoxy groups -OCH3 is 3. The van der Waals surface area contributed by atoms with E-state index in [2.05, 4.69) is 27.4 Å².